The minimum atomic E-state index is 0.0572. The first-order chi connectivity index (χ1) is 11.0. The second-order valence-corrected chi connectivity index (χ2v) is 6.47. The Morgan fingerprint density at radius 2 is 1.78 bits per heavy atom. The van der Waals surface area contributed by atoms with Crippen LogP contribution in [0.15, 0.2) is 28.7 Å². The molecule has 23 heavy (non-hydrogen) atoms. The largest absolute Gasteiger partial charge is 0.466 e. The summed E-state index contributed by atoms with van der Waals surface area (Å²) in [7, 11) is 0. The smallest absolute Gasteiger partial charge is 0.257 e. The molecule has 1 saturated heterocycles. The molecule has 1 aromatic heterocycles. The molecular weight excluding hydrogens is 312 g/mol. The maximum absolute atomic E-state index is 12.6. The number of rotatable bonds is 2. The van der Waals surface area contributed by atoms with Crippen molar-refractivity contribution in [2.45, 2.75) is 20.8 Å². The molecule has 0 N–H and O–H groups in total. The van der Waals surface area contributed by atoms with Gasteiger partial charge in [0.05, 0.1) is 5.56 Å². The molecule has 0 radical (unpaired) electrons. The molecule has 3 rings (SSSR count). The van der Waals surface area contributed by atoms with Gasteiger partial charge in [-0.1, -0.05) is 17.7 Å². The Hall–Kier alpha value is -1.94. The van der Waals surface area contributed by atoms with E-state index in [0.29, 0.717) is 24.4 Å². The molecule has 0 saturated carbocycles. The first kappa shape index (κ1) is 15.9. The van der Waals surface area contributed by atoms with E-state index in [0.717, 1.165) is 29.6 Å². The molecule has 1 fully saturated rings. The monoisotopic (exact) mass is 332 g/mol. The molecule has 122 valence electrons. The van der Waals surface area contributed by atoms with Crippen LogP contribution in [0.25, 0.3) is 0 Å². The molecule has 4 nitrogen and oxygen atoms in total. The molecule has 2 heterocycles. The van der Waals surface area contributed by atoms with Crippen LogP contribution < -0.4 is 4.90 Å². The summed E-state index contributed by atoms with van der Waals surface area (Å²) in [5.74, 6) is 1.53. The van der Waals surface area contributed by atoms with Crippen molar-refractivity contribution in [1.82, 2.24) is 4.90 Å². The average Bonchev–Trinajstić information content (AvgIpc) is 2.88. The van der Waals surface area contributed by atoms with E-state index in [9.17, 15) is 4.79 Å². The topological polar surface area (TPSA) is 36.7 Å². The highest BCUT2D eigenvalue weighted by Gasteiger charge is 2.25. The number of halogens is 1. The molecule has 0 atom stereocenters. The van der Waals surface area contributed by atoms with Crippen LogP contribution >= 0.6 is 11.6 Å². The van der Waals surface area contributed by atoms with Gasteiger partial charge < -0.3 is 14.2 Å². The van der Waals surface area contributed by atoms with Crippen molar-refractivity contribution in [1.29, 1.82) is 0 Å². The van der Waals surface area contributed by atoms with E-state index in [4.69, 9.17) is 16.0 Å². The van der Waals surface area contributed by atoms with E-state index >= 15 is 0 Å². The fourth-order valence-corrected chi connectivity index (χ4v) is 3.25. The van der Waals surface area contributed by atoms with Gasteiger partial charge in [-0.15, -0.1) is 0 Å². The van der Waals surface area contributed by atoms with E-state index in [-0.39, 0.29) is 5.91 Å². The zero-order valence-electron chi connectivity index (χ0n) is 13.7. The van der Waals surface area contributed by atoms with Crippen LogP contribution in [0.4, 0.5) is 5.69 Å². The number of piperazine rings is 1. The molecule has 0 unspecified atom stereocenters. The number of furan rings is 1. The van der Waals surface area contributed by atoms with Crippen LogP contribution in [0.5, 0.6) is 0 Å². The fourth-order valence-electron chi connectivity index (χ4n) is 3.09. The average molecular weight is 333 g/mol. The number of amides is 1. The highest BCUT2D eigenvalue weighted by molar-refractivity contribution is 6.30. The number of anilines is 1. The zero-order valence-corrected chi connectivity index (χ0v) is 14.5. The van der Waals surface area contributed by atoms with E-state index in [1.807, 2.05) is 43.0 Å². The second-order valence-electron chi connectivity index (χ2n) is 6.04. The van der Waals surface area contributed by atoms with Crippen molar-refractivity contribution in [2.75, 3.05) is 31.1 Å². The summed E-state index contributed by atoms with van der Waals surface area (Å²) < 4.78 is 5.47. The van der Waals surface area contributed by atoms with Gasteiger partial charge in [-0.2, -0.15) is 0 Å². The van der Waals surface area contributed by atoms with E-state index in [2.05, 4.69) is 11.8 Å². The number of hydrogen-bond donors (Lipinski definition) is 0. The third-order valence-corrected chi connectivity index (χ3v) is 4.59. The molecule has 0 spiro atoms. The third-order valence-electron chi connectivity index (χ3n) is 4.35. The molecule has 0 aliphatic carbocycles. The van der Waals surface area contributed by atoms with Crippen molar-refractivity contribution in [2.24, 2.45) is 0 Å². The summed E-state index contributed by atoms with van der Waals surface area (Å²) in [5, 5.41) is 0.744. The third kappa shape index (κ3) is 3.22. The summed E-state index contributed by atoms with van der Waals surface area (Å²) in [6.45, 7) is 8.81. The van der Waals surface area contributed by atoms with Crippen molar-refractivity contribution in [3.63, 3.8) is 0 Å². The lowest BCUT2D eigenvalue weighted by Crippen LogP contribution is -2.49. The normalized spacial score (nSPS) is 15.1. The molecular formula is C18H21ClN2O2. The Balaban J connectivity index is 1.70. The van der Waals surface area contributed by atoms with Gasteiger partial charge in [-0.05, 0) is 44.5 Å². The van der Waals surface area contributed by atoms with Gasteiger partial charge in [0.1, 0.15) is 11.5 Å². The molecule has 1 aromatic carbocycles. The predicted octanol–water partition coefficient (Wildman–Crippen LogP) is 3.82. The fraction of sp³-hybridized carbons (Fsp3) is 0.389. The Kier molecular flexibility index (Phi) is 4.35. The van der Waals surface area contributed by atoms with Crippen molar-refractivity contribution >= 4 is 23.2 Å². The Labute approximate surface area is 141 Å². The maximum Gasteiger partial charge on any atom is 0.257 e. The minimum Gasteiger partial charge on any atom is -0.466 e. The molecule has 2 aromatic rings. The number of benzene rings is 1. The van der Waals surface area contributed by atoms with Crippen molar-refractivity contribution in [3.8, 4) is 0 Å². The summed E-state index contributed by atoms with van der Waals surface area (Å²) in [4.78, 5) is 16.8. The number of carbonyl (C=O) groups is 1. The van der Waals surface area contributed by atoms with E-state index in [1.165, 1.54) is 5.56 Å². The Morgan fingerprint density at radius 1 is 1.09 bits per heavy atom. The van der Waals surface area contributed by atoms with E-state index < -0.39 is 0 Å². The van der Waals surface area contributed by atoms with Crippen molar-refractivity contribution < 1.29 is 9.21 Å². The summed E-state index contributed by atoms with van der Waals surface area (Å²) in [6.07, 6.45) is 0. The number of aryl methyl sites for hydroxylation is 3. The minimum absolute atomic E-state index is 0.0572. The van der Waals surface area contributed by atoms with Gasteiger partial charge in [-0.25, -0.2) is 0 Å². The second kappa shape index (κ2) is 6.28. The standard InChI is InChI=1S/C18H21ClN2O2/c1-12-4-5-15(19)11-17(12)20-6-8-21(9-7-20)18(22)16-10-13(2)23-14(16)3/h4-5,10-11H,6-9H2,1-3H3. The lowest BCUT2D eigenvalue weighted by atomic mass is 10.1. The van der Waals surface area contributed by atoms with E-state index in [1.54, 1.807) is 0 Å². The summed E-state index contributed by atoms with van der Waals surface area (Å²) >= 11 is 6.11. The molecule has 1 aliphatic rings. The molecule has 1 amide bonds. The molecule has 5 heteroatoms. The van der Waals surface area contributed by atoms with Gasteiger partial charge in [0, 0.05) is 36.9 Å². The van der Waals surface area contributed by atoms with Crippen LogP contribution in [0.1, 0.15) is 27.4 Å². The Morgan fingerprint density at radius 3 is 2.39 bits per heavy atom. The quantitative estimate of drug-likeness (QED) is 0.839. The lowest BCUT2D eigenvalue weighted by Gasteiger charge is -2.36. The summed E-state index contributed by atoms with van der Waals surface area (Å²) in [5.41, 5.74) is 3.03. The number of nitrogens with zero attached hydrogens (tertiary/aromatic N) is 2. The van der Waals surface area contributed by atoms with Gasteiger partial charge in [0.2, 0.25) is 0 Å². The van der Waals surface area contributed by atoms with Crippen LogP contribution in [0, 0.1) is 20.8 Å². The van der Waals surface area contributed by atoms with Gasteiger partial charge in [0.15, 0.2) is 0 Å². The SMILES string of the molecule is Cc1cc(C(=O)N2CCN(c3cc(Cl)ccc3C)CC2)c(C)o1. The van der Waals surface area contributed by atoms with Crippen LogP contribution in [-0.2, 0) is 0 Å². The van der Waals surface area contributed by atoms with Crippen LogP contribution in [-0.4, -0.2) is 37.0 Å². The maximum atomic E-state index is 12.6. The van der Waals surface area contributed by atoms with Gasteiger partial charge in [0.25, 0.3) is 5.91 Å². The van der Waals surface area contributed by atoms with Crippen LogP contribution in [0.3, 0.4) is 0 Å². The van der Waals surface area contributed by atoms with Crippen LogP contribution in [0.2, 0.25) is 5.02 Å². The lowest BCUT2D eigenvalue weighted by molar-refractivity contribution is 0.0745. The molecule has 1 aliphatic heterocycles. The Bertz CT molecular complexity index is 731. The highest BCUT2D eigenvalue weighted by atomic mass is 35.5. The zero-order chi connectivity index (χ0) is 16.6. The van der Waals surface area contributed by atoms with Gasteiger partial charge in [-0.3, -0.25) is 4.79 Å². The molecule has 0 bridgehead atoms. The first-order valence-corrected chi connectivity index (χ1v) is 8.21. The van der Waals surface area contributed by atoms with Gasteiger partial charge >= 0.3 is 0 Å². The predicted molar refractivity (Wildman–Crippen MR) is 92.5 cm³/mol. The first-order valence-electron chi connectivity index (χ1n) is 7.83. The number of hydrogen-bond acceptors (Lipinski definition) is 3. The highest BCUT2D eigenvalue weighted by Crippen LogP contribution is 2.26. The van der Waals surface area contributed by atoms with Crippen molar-refractivity contribution in [3.05, 3.63) is 51.9 Å². The summed E-state index contributed by atoms with van der Waals surface area (Å²) in [6, 6.07) is 7.76. The number of carbonyl (C=O) groups excluding carboxylic acids is 1.